The summed E-state index contributed by atoms with van der Waals surface area (Å²) < 4.78 is 95.8. The molecule has 0 N–H and O–H groups in total. The lowest BCUT2D eigenvalue weighted by Crippen LogP contribution is -2.49. The van der Waals surface area contributed by atoms with Crippen molar-refractivity contribution >= 4 is 15.8 Å². The van der Waals surface area contributed by atoms with Gasteiger partial charge >= 0.3 is 6.18 Å². The molecular formula is C24H24F4N4O5S. The summed E-state index contributed by atoms with van der Waals surface area (Å²) in [6.07, 6.45) is -5.01. The van der Waals surface area contributed by atoms with Gasteiger partial charge in [0.2, 0.25) is 15.8 Å². The quantitative estimate of drug-likeness (QED) is 0.406. The van der Waals surface area contributed by atoms with Gasteiger partial charge in [0.05, 0.1) is 37.5 Å². The van der Waals surface area contributed by atoms with Crippen LogP contribution in [0.15, 0.2) is 47.4 Å². The molecular weight excluding hydrogens is 532 g/mol. The Balaban J connectivity index is 1.48. The van der Waals surface area contributed by atoms with E-state index in [9.17, 15) is 26.0 Å². The molecule has 1 fully saturated rings. The van der Waals surface area contributed by atoms with Gasteiger partial charge in [-0.1, -0.05) is 0 Å². The first-order chi connectivity index (χ1) is 18.0. The zero-order chi connectivity index (χ0) is 27.7. The maximum Gasteiger partial charge on any atom is 0.419 e. The minimum atomic E-state index is -5.01. The summed E-state index contributed by atoms with van der Waals surface area (Å²) in [5, 5.41) is 8.52. The Bertz CT molecular complexity index is 1390. The summed E-state index contributed by atoms with van der Waals surface area (Å²) >= 11 is 0. The van der Waals surface area contributed by atoms with E-state index >= 15 is 0 Å². The van der Waals surface area contributed by atoms with Gasteiger partial charge in [-0.15, -0.1) is 10.2 Å². The van der Waals surface area contributed by atoms with Crippen LogP contribution in [0.25, 0.3) is 11.3 Å². The van der Waals surface area contributed by atoms with E-state index in [1.165, 1.54) is 21.3 Å². The third-order valence-electron chi connectivity index (χ3n) is 6.05. The molecule has 0 aliphatic carbocycles. The maximum absolute atomic E-state index is 13.6. The Hall–Kier alpha value is -3.65. The minimum absolute atomic E-state index is 0.00261. The molecule has 0 atom stereocenters. The highest BCUT2D eigenvalue weighted by molar-refractivity contribution is 7.89. The summed E-state index contributed by atoms with van der Waals surface area (Å²) in [5.74, 6) is 0.308. The average Bonchev–Trinajstić information content (AvgIpc) is 2.91. The second kappa shape index (κ2) is 10.6. The number of hydrogen-bond donors (Lipinski definition) is 0. The van der Waals surface area contributed by atoms with Crippen LogP contribution in [0.3, 0.4) is 0 Å². The number of rotatable bonds is 7. The lowest BCUT2D eigenvalue weighted by atomic mass is 10.1. The molecule has 0 radical (unpaired) electrons. The Morgan fingerprint density at radius 3 is 1.97 bits per heavy atom. The van der Waals surface area contributed by atoms with Crippen molar-refractivity contribution in [1.82, 2.24) is 14.5 Å². The van der Waals surface area contributed by atoms with E-state index in [-0.39, 0.29) is 26.2 Å². The molecule has 0 unspecified atom stereocenters. The van der Waals surface area contributed by atoms with Crippen LogP contribution in [0.4, 0.5) is 23.4 Å². The number of methoxy groups -OCH3 is 3. The molecule has 0 saturated carbocycles. The van der Waals surface area contributed by atoms with Gasteiger partial charge < -0.3 is 19.1 Å². The van der Waals surface area contributed by atoms with Gasteiger partial charge in [-0.2, -0.15) is 17.5 Å². The highest BCUT2D eigenvalue weighted by Gasteiger charge is 2.37. The van der Waals surface area contributed by atoms with Crippen LogP contribution >= 0.6 is 0 Å². The molecule has 0 spiro atoms. The number of ether oxygens (including phenoxy) is 3. The molecule has 9 nitrogen and oxygen atoms in total. The van der Waals surface area contributed by atoms with Crippen molar-refractivity contribution in [1.29, 1.82) is 0 Å². The zero-order valence-corrected chi connectivity index (χ0v) is 21.4. The molecule has 3 aromatic rings. The van der Waals surface area contributed by atoms with E-state index in [0.717, 1.165) is 10.4 Å². The number of benzene rings is 2. The van der Waals surface area contributed by atoms with Crippen molar-refractivity contribution in [3.63, 3.8) is 0 Å². The van der Waals surface area contributed by atoms with Gasteiger partial charge in [-0.3, -0.25) is 0 Å². The summed E-state index contributed by atoms with van der Waals surface area (Å²) in [6.45, 7) is 0.449. The number of alkyl halides is 3. The first-order valence-electron chi connectivity index (χ1n) is 11.3. The number of sulfonamides is 1. The molecule has 0 amide bonds. The smallest absolute Gasteiger partial charge is 0.419 e. The normalized spacial score (nSPS) is 14.9. The fourth-order valence-electron chi connectivity index (χ4n) is 4.07. The second-order valence-corrected chi connectivity index (χ2v) is 10.2. The van der Waals surface area contributed by atoms with Crippen LogP contribution in [0, 0.1) is 5.82 Å². The van der Waals surface area contributed by atoms with Crippen LogP contribution in [0.5, 0.6) is 17.2 Å². The number of hydrogen-bond acceptors (Lipinski definition) is 8. The van der Waals surface area contributed by atoms with Crippen LogP contribution in [0.1, 0.15) is 5.56 Å². The van der Waals surface area contributed by atoms with Crippen LogP contribution in [-0.2, 0) is 16.2 Å². The van der Waals surface area contributed by atoms with E-state index in [1.807, 2.05) is 4.90 Å². The number of piperazine rings is 1. The van der Waals surface area contributed by atoms with Gasteiger partial charge in [-0.25, -0.2) is 12.8 Å². The summed E-state index contributed by atoms with van der Waals surface area (Å²) in [7, 11) is 0.242. The standard InChI is InChI=1S/C24H24F4N4O5S/c1-35-20-12-15(13-21(36-2)23(20)37-3)19-6-7-22(30-29-19)31-8-10-32(11-9-31)38(33,34)16-4-5-18(25)17(14-16)24(26,27)28/h4-7,12-14H,8-11H2,1-3H3. The molecule has 1 saturated heterocycles. The molecule has 14 heteroatoms. The highest BCUT2D eigenvalue weighted by Crippen LogP contribution is 2.41. The summed E-state index contributed by atoms with van der Waals surface area (Å²) in [4.78, 5) is 1.19. The van der Waals surface area contributed by atoms with Gasteiger partial charge in [0, 0.05) is 31.7 Å². The van der Waals surface area contributed by atoms with Crippen molar-refractivity contribution < 1.29 is 40.2 Å². The predicted molar refractivity (Wildman–Crippen MR) is 129 cm³/mol. The number of anilines is 1. The van der Waals surface area contributed by atoms with Crippen molar-refractivity contribution in [3.8, 4) is 28.5 Å². The Morgan fingerprint density at radius 2 is 1.47 bits per heavy atom. The molecule has 1 aromatic heterocycles. The van der Waals surface area contributed by atoms with E-state index in [4.69, 9.17) is 14.2 Å². The predicted octanol–water partition coefficient (Wildman–Crippen LogP) is 3.84. The lowest BCUT2D eigenvalue weighted by molar-refractivity contribution is -0.140. The van der Waals surface area contributed by atoms with Crippen LogP contribution < -0.4 is 19.1 Å². The van der Waals surface area contributed by atoms with Crippen molar-refractivity contribution in [2.45, 2.75) is 11.1 Å². The number of halogens is 4. The van der Waals surface area contributed by atoms with E-state index in [1.54, 1.807) is 24.3 Å². The first-order valence-corrected chi connectivity index (χ1v) is 12.7. The third-order valence-corrected chi connectivity index (χ3v) is 7.95. The number of aromatic nitrogens is 2. The highest BCUT2D eigenvalue weighted by atomic mass is 32.2. The summed E-state index contributed by atoms with van der Waals surface area (Å²) in [6, 6.07) is 8.60. The topological polar surface area (TPSA) is 94.1 Å². The SMILES string of the molecule is COc1cc(-c2ccc(N3CCN(S(=O)(=O)c4ccc(F)c(C(F)(F)F)c4)CC3)nn2)cc(OC)c1OC. The monoisotopic (exact) mass is 556 g/mol. The van der Waals surface area contributed by atoms with Crippen molar-refractivity contribution in [2.75, 3.05) is 52.4 Å². The fourth-order valence-corrected chi connectivity index (χ4v) is 5.51. The fraction of sp³-hybridized carbons (Fsp3) is 0.333. The Morgan fingerprint density at radius 1 is 0.842 bits per heavy atom. The van der Waals surface area contributed by atoms with E-state index in [2.05, 4.69) is 10.2 Å². The molecule has 1 aliphatic heterocycles. The molecule has 204 valence electrons. The molecule has 1 aliphatic rings. The van der Waals surface area contributed by atoms with Crippen molar-refractivity contribution in [2.24, 2.45) is 0 Å². The second-order valence-electron chi connectivity index (χ2n) is 8.22. The number of nitrogens with zero attached hydrogens (tertiary/aromatic N) is 4. The van der Waals surface area contributed by atoms with Crippen molar-refractivity contribution in [3.05, 3.63) is 53.8 Å². The van der Waals surface area contributed by atoms with Gasteiger partial charge in [-0.05, 0) is 42.5 Å². The third kappa shape index (κ3) is 5.31. The molecule has 38 heavy (non-hydrogen) atoms. The van der Waals surface area contributed by atoms with Crippen LogP contribution in [0.2, 0.25) is 0 Å². The molecule has 0 bridgehead atoms. The molecule has 4 rings (SSSR count). The lowest BCUT2D eigenvalue weighted by Gasteiger charge is -2.34. The average molecular weight is 557 g/mol. The largest absolute Gasteiger partial charge is 0.493 e. The van der Waals surface area contributed by atoms with Crippen LogP contribution in [-0.4, -0.2) is 70.4 Å². The van der Waals surface area contributed by atoms with E-state index < -0.39 is 32.5 Å². The Kier molecular flexibility index (Phi) is 7.65. The van der Waals surface area contributed by atoms with Gasteiger partial charge in [0.15, 0.2) is 17.3 Å². The maximum atomic E-state index is 13.6. The molecule has 2 aromatic carbocycles. The minimum Gasteiger partial charge on any atom is -0.493 e. The summed E-state index contributed by atoms with van der Waals surface area (Å²) in [5.41, 5.74) is -0.419. The van der Waals surface area contributed by atoms with Gasteiger partial charge in [0.25, 0.3) is 0 Å². The Labute approximate surface area is 216 Å². The van der Waals surface area contributed by atoms with E-state index in [0.29, 0.717) is 46.5 Å². The zero-order valence-electron chi connectivity index (χ0n) is 20.6. The molecule has 2 heterocycles. The van der Waals surface area contributed by atoms with Gasteiger partial charge in [0.1, 0.15) is 5.82 Å². The first kappa shape index (κ1) is 27.4.